The number of aromatic nitrogens is 1. The fraction of sp³-hybridized carbons (Fsp3) is 0.273. The summed E-state index contributed by atoms with van der Waals surface area (Å²) >= 11 is 0. The number of furan rings is 1. The average Bonchev–Trinajstić information content (AvgIpc) is 3.16. The minimum atomic E-state index is -3.59. The van der Waals surface area contributed by atoms with Crippen LogP contribution in [0, 0.1) is 0 Å². The minimum Gasteiger partial charge on any atom is -0.460 e. The molecule has 3 heterocycles. The third-order valence-electron chi connectivity index (χ3n) is 5.25. The molecule has 1 aliphatic rings. The first-order valence-corrected chi connectivity index (χ1v) is 11.3. The number of piperazine rings is 1. The van der Waals surface area contributed by atoms with Gasteiger partial charge in [-0.3, -0.25) is 9.78 Å². The van der Waals surface area contributed by atoms with Crippen LogP contribution in [0.15, 0.2) is 64.2 Å². The summed E-state index contributed by atoms with van der Waals surface area (Å²) in [6.45, 7) is 3.21. The van der Waals surface area contributed by atoms with Crippen molar-refractivity contribution in [3.63, 3.8) is 0 Å². The molecule has 7 nitrogen and oxygen atoms in total. The molecule has 156 valence electrons. The number of fused-ring (bicyclic) bond motifs is 1. The maximum atomic E-state index is 12.7. The molecule has 1 aromatic carbocycles. The smallest absolute Gasteiger partial charge is 0.246 e. The highest BCUT2D eigenvalue weighted by molar-refractivity contribution is 7.89. The largest absolute Gasteiger partial charge is 0.460 e. The van der Waals surface area contributed by atoms with Crippen molar-refractivity contribution >= 4 is 33.0 Å². The molecular weight excluding hydrogens is 402 g/mol. The van der Waals surface area contributed by atoms with Crippen LogP contribution in [0.4, 0.5) is 0 Å². The molecule has 0 bridgehead atoms. The van der Waals surface area contributed by atoms with E-state index in [-0.39, 0.29) is 23.9 Å². The lowest BCUT2D eigenvalue weighted by Gasteiger charge is -2.33. The Hall–Kier alpha value is -2.97. The maximum absolute atomic E-state index is 12.7. The topological polar surface area (TPSA) is 83.7 Å². The Balaban J connectivity index is 1.44. The van der Waals surface area contributed by atoms with E-state index < -0.39 is 10.0 Å². The van der Waals surface area contributed by atoms with Crippen LogP contribution in [0.25, 0.3) is 17.0 Å². The van der Waals surface area contributed by atoms with Crippen LogP contribution in [0.5, 0.6) is 0 Å². The molecule has 30 heavy (non-hydrogen) atoms. The summed E-state index contributed by atoms with van der Waals surface area (Å²) in [5, 5.41) is 0.978. The van der Waals surface area contributed by atoms with E-state index in [9.17, 15) is 13.2 Å². The van der Waals surface area contributed by atoms with E-state index in [1.807, 2.05) is 31.2 Å². The van der Waals surface area contributed by atoms with Gasteiger partial charge in [-0.25, -0.2) is 8.42 Å². The SMILES string of the molecule is CCc1oc2ccccc2c1/C=C/C(=O)N1CCN(S(=O)(=O)c2cccnc2)CC1. The number of hydrogen-bond donors (Lipinski definition) is 0. The van der Waals surface area contributed by atoms with Gasteiger partial charge < -0.3 is 9.32 Å². The van der Waals surface area contributed by atoms with Gasteiger partial charge in [0.2, 0.25) is 15.9 Å². The predicted octanol–water partition coefficient (Wildman–Crippen LogP) is 2.94. The van der Waals surface area contributed by atoms with Crippen molar-refractivity contribution in [1.29, 1.82) is 0 Å². The Morgan fingerprint density at radius 2 is 1.90 bits per heavy atom. The van der Waals surface area contributed by atoms with Crippen molar-refractivity contribution in [2.75, 3.05) is 26.2 Å². The number of carbonyl (C=O) groups excluding carboxylic acids is 1. The molecular formula is C22H23N3O4S. The van der Waals surface area contributed by atoms with E-state index in [4.69, 9.17) is 4.42 Å². The monoisotopic (exact) mass is 425 g/mol. The third-order valence-corrected chi connectivity index (χ3v) is 7.13. The highest BCUT2D eigenvalue weighted by atomic mass is 32.2. The van der Waals surface area contributed by atoms with Crippen molar-refractivity contribution in [2.24, 2.45) is 0 Å². The van der Waals surface area contributed by atoms with E-state index in [1.54, 1.807) is 23.1 Å². The van der Waals surface area contributed by atoms with Gasteiger partial charge in [0.05, 0.1) is 0 Å². The van der Waals surface area contributed by atoms with Crippen LogP contribution in [-0.4, -0.2) is 54.7 Å². The first kappa shape index (κ1) is 20.3. The number of aryl methyl sites for hydroxylation is 1. The molecule has 1 amide bonds. The number of amides is 1. The number of pyridine rings is 1. The maximum Gasteiger partial charge on any atom is 0.246 e. The second kappa shape index (κ2) is 8.41. The van der Waals surface area contributed by atoms with Gasteiger partial charge in [-0.2, -0.15) is 4.31 Å². The Morgan fingerprint density at radius 1 is 1.13 bits per heavy atom. The van der Waals surface area contributed by atoms with Crippen LogP contribution in [0.3, 0.4) is 0 Å². The van der Waals surface area contributed by atoms with Crippen molar-refractivity contribution < 1.29 is 17.6 Å². The van der Waals surface area contributed by atoms with Gasteiger partial charge in [0.1, 0.15) is 16.2 Å². The van der Waals surface area contributed by atoms with Crippen LogP contribution < -0.4 is 0 Å². The standard InChI is InChI=1S/C22H23N3O4S/c1-2-20-19(18-7-3-4-8-21(18)29-20)9-10-22(26)24-12-14-25(15-13-24)30(27,28)17-6-5-11-23-16-17/h3-11,16H,2,12-15H2,1H3/b10-9+. The minimum absolute atomic E-state index is 0.138. The molecule has 8 heteroatoms. The molecule has 3 aromatic rings. The second-order valence-electron chi connectivity index (χ2n) is 7.04. The first-order chi connectivity index (χ1) is 14.5. The van der Waals surface area contributed by atoms with E-state index in [2.05, 4.69) is 4.98 Å². The summed E-state index contributed by atoms with van der Waals surface area (Å²) in [4.78, 5) is 18.4. The zero-order valence-corrected chi connectivity index (χ0v) is 17.5. The fourth-order valence-corrected chi connectivity index (χ4v) is 5.01. The normalized spacial score (nSPS) is 15.8. The summed E-state index contributed by atoms with van der Waals surface area (Å²) in [5.41, 5.74) is 1.72. The van der Waals surface area contributed by atoms with E-state index >= 15 is 0 Å². The van der Waals surface area contributed by atoms with Gasteiger partial charge in [-0.05, 0) is 24.3 Å². The Bertz CT molecular complexity index is 1180. The lowest BCUT2D eigenvalue weighted by Crippen LogP contribution is -2.50. The fourth-order valence-electron chi connectivity index (χ4n) is 3.62. The zero-order chi connectivity index (χ0) is 21.1. The number of sulfonamides is 1. The summed E-state index contributed by atoms with van der Waals surface area (Å²) < 4.78 is 32.7. The summed E-state index contributed by atoms with van der Waals surface area (Å²) in [5.74, 6) is 0.702. The zero-order valence-electron chi connectivity index (χ0n) is 16.7. The number of benzene rings is 1. The first-order valence-electron chi connectivity index (χ1n) is 9.88. The lowest BCUT2D eigenvalue weighted by molar-refractivity contribution is -0.127. The van der Waals surface area contributed by atoms with Gasteiger partial charge >= 0.3 is 0 Å². The van der Waals surface area contributed by atoms with Crippen molar-refractivity contribution in [3.8, 4) is 0 Å². The van der Waals surface area contributed by atoms with Crippen LogP contribution in [0.1, 0.15) is 18.2 Å². The number of carbonyl (C=O) groups is 1. The van der Waals surface area contributed by atoms with Gasteiger partial charge in [0.15, 0.2) is 0 Å². The molecule has 2 aromatic heterocycles. The van der Waals surface area contributed by atoms with Crippen molar-refractivity contribution in [2.45, 2.75) is 18.2 Å². The number of hydrogen-bond acceptors (Lipinski definition) is 5. The molecule has 0 radical (unpaired) electrons. The van der Waals surface area contributed by atoms with Gasteiger partial charge in [0, 0.05) is 62.0 Å². The Kier molecular flexibility index (Phi) is 5.69. The molecule has 0 aliphatic carbocycles. The van der Waals surface area contributed by atoms with Crippen LogP contribution in [0.2, 0.25) is 0 Å². The van der Waals surface area contributed by atoms with E-state index in [1.165, 1.54) is 22.8 Å². The molecule has 0 spiro atoms. The Morgan fingerprint density at radius 3 is 2.60 bits per heavy atom. The average molecular weight is 426 g/mol. The molecule has 0 saturated carbocycles. The highest BCUT2D eigenvalue weighted by Crippen LogP contribution is 2.27. The molecule has 1 fully saturated rings. The molecule has 0 unspecified atom stereocenters. The molecule has 1 saturated heterocycles. The molecule has 1 aliphatic heterocycles. The second-order valence-corrected chi connectivity index (χ2v) is 8.98. The quantitative estimate of drug-likeness (QED) is 0.587. The molecule has 0 atom stereocenters. The van der Waals surface area contributed by atoms with Crippen molar-refractivity contribution in [3.05, 3.63) is 66.2 Å². The number of nitrogens with zero attached hydrogens (tertiary/aromatic N) is 3. The summed E-state index contributed by atoms with van der Waals surface area (Å²) in [6, 6.07) is 10.9. The summed E-state index contributed by atoms with van der Waals surface area (Å²) in [7, 11) is -3.59. The number of para-hydroxylation sites is 1. The van der Waals surface area contributed by atoms with Gasteiger partial charge in [-0.1, -0.05) is 25.1 Å². The van der Waals surface area contributed by atoms with Gasteiger partial charge in [0.25, 0.3) is 0 Å². The Labute approximate surface area is 175 Å². The highest BCUT2D eigenvalue weighted by Gasteiger charge is 2.29. The molecule has 4 rings (SSSR count). The third kappa shape index (κ3) is 3.88. The van der Waals surface area contributed by atoms with Crippen LogP contribution >= 0.6 is 0 Å². The number of rotatable bonds is 5. The van der Waals surface area contributed by atoms with E-state index in [0.717, 1.165) is 28.7 Å². The van der Waals surface area contributed by atoms with Crippen molar-refractivity contribution in [1.82, 2.24) is 14.2 Å². The van der Waals surface area contributed by atoms with Gasteiger partial charge in [-0.15, -0.1) is 0 Å². The van der Waals surface area contributed by atoms with Crippen LogP contribution in [-0.2, 0) is 21.2 Å². The summed E-state index contributed by atoms with van der Waals surface area (Å²) in [6.07, 6.45) is 6.95. The lowest BCUT2D eigenvalue weighted by atomic mass is 10.1. The van der Waals surface area contributed by atoms with E-state index in [0.29, 0.717) is 13.1 Å². The predicted molar refractivity (Wildman–Crippen MR) is 114 cm³/mol. The molecule has 0 N–H and O–H groups in total.